The smallest absolute Gasteiger partial charge is 0.330 e. The van der Waals surface area contributed by atoms with Crippen LogP contribution < -0.4 is 16.2 Å². The van der Waals surface area contributed by atoms with Gasteiger partial charge in [-0.1, -0.05) is 0 Å². The van der Waals surface area contributed by atoms with Crippen LogP contribution in [-0.2, 0) is 4.74 Å². The molecule has 1 aliphatic heterocycles. The van der Waals surface area contributed by atoms with E-state index in [1.165, 1.54) is 10.8 Å². The minimum Gasteiger partial charge on any atom is -0.394 e. The summed E-state index contributed by atoms with van der Waals surface area (Å²) in [5, 5.41) is 12.8. The summed E-state index contributed by atoms with van der Waals surface area (Å²) in [4.78, 5) is 28.1. The SMILES string of the molecule is Cc1cn([C@H]2CC(N=[N+]=N)[C@@H](CO)O2)c(=O)[nH]c1=O. The van der Waals surface area contributed by atoms with Gasteiger partial charge in [0, 0.05) is 18.2 Å². The Labute approximate surface area is 107 Å². The van der Waals surface area contributed by atoms with E-state index in [9.17, 15) is 9.59 Å². The Bertz CT molecular complexity index is 630. The van der Waals surface area contributed by atoms with E-state index in [2.05, 4.69) is 15.0 Å². The number of aromatic amines is 1. The summed E-state index contributed by atoms with van der Waals surface area (Å²) < 4.78 is 6.74. The fraction of sp³-hybridized carbons (Fsp3) is 0.600. The van der Waals surface area contributed by atoms with Crippen molar-refractivity contribution in [2.24, 2.45) is 5.11 Å². The standard InChI is InChI=1S/C10H13N5O4/c1-5-3-15(10(18)12-9(5)17)8-2-6(13-14-11)7(4-16)19-8/h3,6-8,11,16H,2,4H2,1H3/p+1/t6?,7-,8-/m1/s1. The zero-order valence-corrected chi connectivity index (χ0v) is 10.2. The third kappa shape index (κ3) is 2.53. The highest BCUT2D eigenvalue weighted by molar-refractivity contribution is 5.02. The van der Waals surface area contributed by atoms with Crippen LogP contribution in [0.2, 0.25) is 0 Å². The largest absolute Gasteiger partial charge is 0.394 e. The molecule has 0 radical (unpaired) electrons. The summed E-state index contributed by atoms with van der Waals surface area (Å²) >= 11 is 0. The number of ether oxygens (including phenoxy) is 1. The maximum Gasteiger partial charge on any atom is 0.330 e. The lowest BCUT2D eigenvalue weighted by molar-refractivity contribution is -0.0274. The maximum absolute atomic E-state index is 11.7. The third-order valence-electron chi connectivity index (χ3n) is 3.05. The van der Waals surface area contributed by atoms with E-state index in [0.29, 0.717) is 12.0 Å². The van der Waals surface area contributed by atoms with Crippen LogP contribution in [0.3, 0.4) is 0 Å². The van der Waals surface area contributed by atoms with Crippen LogP contribution in [0.4, 0.5) is 0 Å². The Morgan fingerprint density at radius 1 is 1.68 bits per heavy atom. The number of H-pyrrole nitrogens is 1. The van der Waals surface area contributed by atoms with E-state index in [4.69, 9.17) is 15.4 Å². The second kappa shape index (κ2) is 5.27. The van der Waals surface area contributed by atoms with Gasteiger partial charge in [-0.2, -0.15) is 0 Å². The van der Waals surface area contributed by atoms with Crippen LogP contribution in [0.1, 0.15) is 18.2 Å². The van der Waals surface area contributed by atoms with Gasteiger partial charge in [-0.05, 0) is 6.92 Å². The highest BCUT2D eigenvalue weighted by Crippen LogP contribution is 2.29. The number of nitrogens with one attached hydrogen (secondary N) is 2. The molecule has 0 amide bonds. The molecule has 0 aromatic carbocycles. The van der Waals surface area contributed by atoms with E-state index in [1.807, 2.05) is 0 Å². The van der Waals surface area contributed by atoms with Crippen molar-refractivity contribution in [3.05, 3.63) is 32.6 Å². The van der Waals surface area contributed by atoms with Crippen molar-refractivity contribution in [2.75, 3.05) is 6.61 Å². The van der Waals surface area contributed by atoms with Crippen LogP contribution in [0, 0.1) is 12.5 Å². The quantitative estimate of drug-likeness (QED) is 0.480. The van der Waals surface area contributed by atoms with E-state index in [-0.39, 0.29) is 6.61 Å². The summed E-state index contributed by atoms with van der Waals surface area (Å²) in [7, 11) is 0. The van der Waals surface area contributed by atoms with E-state index in [0.717, 1.165) is 0 Å². The van der Waals surface area contributed by atoms with Gasteiger partial charge >= 0.3 is 5.69 Å². The van der Waals surface area contributed by atoms with Gasteiger partial charge in [-0.15, -0.1) is 0 Å². The van der Waals surface area contributed by atoms with Gasteiger partial charge in [0.1, 0.15) is 23.0 Å². The first-order valence-electron chi connectivity index (χ1n) is 5.71. The molecule has 0 spiro atoms. The summed E-state index contributed by atoms with van der Waals surface area (Å²) in [6.45, 7) is 1.30. The molecule has 1 fully saturated rings. The minimum absolute atomic E-state index is 0.280. The molecule has 0 aliphatic carbocycles. The minimum atomic E-state index is -0.643. The topological polar surface area (TPSA) is 135 Å². The first-order valence-corrected chi connectivity index (χ1v) is 5.71. The maximum atomic E-state index is 11.7. The molecule has 19 heavy (non-hydrogen) atoms. The van der Waals surface area contributed by atoms with Crippen molar-refractivity contribution in [1.82, 2.24) is 14.5 Å². The molecule has 3 atom stereocenters. The Morgan fingerprint density at radius 2 is 2.42 bits per heavy atom. The average molecular weight is 268 g/mol. The molecule has 1 aromatic rings. The summed E-state index contributed by atoms with van der Waals surface area (Å²) in [6, 6.07) is -0.480. The molecule has 0 bridgehead atoms. The van der Waals surface area contributed by atoms with Crippen LogP contribution in [0.5, 0.6) is 0 Å². The monoisotopic (exact) mass is 268 g/mol. The number of aliphatic hydroxyl groups is 1. The highest BCUT2D eigenvalue weighted by atomic mass is 16.5. The molecule has 9 heteroatoms. The van der Waals surface area contributed by atoms with Crippen molar-refractivity contribution < 1.29 is 9.84 Å². The van der Waals surface area contributed by atoms with Gasteiger partial charge in [-0.3, -0.25) is 14.3 Å². The van der Waals surface area contributed by atoms with Crippen molar-refractivity contribution >= 4 is 0 Å². The number of aromatic nitrogens is 2. The van der Waals surface area contributed by atoms with E-state index in [1.54, 1.807) is 6.92 Å². The average Bonchev–Trinajstić information content (AvgIpc) is 2.77. The molecule has 1 saturated heterocycles. The molecule has 2 heterocycles. The molecule has 9 nitrogen and oxygen atoms in total. The van der Waals surface area contributed by atoms with Crippen LogP contribution in [0.15, 0.2) is 20.9 Å². The van der Waals surface area contributed by atoms with Gasteiger partial charge in [0.2, 0.25) is 4.91 Å². The van der Waals surface area contributed by atoms with Gasteiger partial charge in [0.05, 0.1) is 6.61 Å². The predicted molar refractivity (Wildman–Crippen MR) is 62.7 cm³/mol. The number of hydrogen-bond donors (Lipinski definition) is 3. The molecule has 1 unspecified atom stereocenters. The third-order valence-corrected chi connectivity index (χ3v) is 3.05. The summed E-state index contributed by atoms with van der Waals surface area (Å²) in [5.74, 6) is 0. The van der Waals surface area contributed by atoms with E-state index >= 15 is 0 Å². The lowest BCUT2D eigenvalue weighted by Crippen LogP contribution is -2.33. The van der Waals surface area contributed by atoms with Gasteiger partial charge in [-0.25, -0.2) is 4.79 Å². The lowest BCUT2D eigenvalue weighted by Gasteiger charge is -2.14. The van der Waals surface area contributed by atoms with Crippen LogP contribution in [0.25, 0.3) is 0 Å². The van der Waals surface area contributed by atoms with Crippen molar-refractivity contribution in [3.63, 3.8) is 0 Å². The fourth-order valence-corrected chi connectivity index (χ4v) is 2.05. The Morgan fingerprint density at radius 3 is 3.05 bits per heavy atom. The molecule has 3 N–H and O–H groups in total. The highest BCUT2D eigenvalue weighted by Gasteiger charge is 2.39. The molecule has 102 valence electrons. The number of aliphatic hydroxyl groups excluding tert-OH is 1. The summed E-state index contributed by atoms with van der Waals surface area (Å²) in [5.41, 5.74) is 6.07. The fourth-order valence-electron chi connectivity index (χ4n) is 2.05. The number of hydrogen-bond acceptors (Lipinski definition) is 6. The molecule has 2 rings (SSSR count). The lowest BCUT2D eigenvalue weighted by atomic mass is 10.1. The van der Waals surface area contributed by atoms with Crippen molar-refractivity contribution in [2.45, 2.75) is 31.7 Å². The Kier molecular flexibility index (Phi) is 3.70. The molecule has 1 aliphatic rings. The number of aryl methyl sites for hydroxylation is 1. The van der Waals surface area contributed by atoms with Gasteiger partial charge < -0.3 is 9.84 Å². The normalized spacial score (nSPS) is 26.1. The van der Waals surface area contributed by atoms with Crippen molar-refractivity contribution in [3.8, 4) is 0 Å². The van der Waals surface area contributed by atoms with Gasteiger partial charge in [0.25, 0.3) is 5.56 Å². The molecule has 1 aromatic heterocycles. The molecule has 0 saturated carbocycles. The molecular formula is C10H14N5O4+. The Hall–Kier alpha value is -2.09. The first kappa shape index (κ1) is 13.3. The van der Waals surface area contributed by atoms with E-state index < -0.39 is 29.6 Å². The number of rotatable bonds is 3. The predicted octanol–water partition coefficient (Wildman–Crippen LogP) is -0.956. The zero-order chi connectivity index (χ0) is 14.0. The first-order chi connectivity index (χ1) is 9.06. The van der Waals surface area contributed by atoms with Crippen molar-refractivity contribution in [1.29, 1.82) is 5.53 Å². The second-order valence-electron chi connectivity index (χ2n) is 4.31. The van der Waals surface area contributed by atoms with Crippen LogP contribution >= 0.6 is 0 Å². The second-order valence-corrected chi connectivity index (χ2v) is 4.31. The molecular weight excluding hydrogens is 254 g/mol. The Balaban J connectivity index is 2.34. The summed E-state index contributed by atoms with van der Waals surface area (Å²) in [6.07, 6.45) is 0.452. The van der Waals surface area contributed by atoms with Crippen LogP contribution in [-0.4, -0.2) is 33.4 Å². The van der Waals surface area contributed by atoms with Gasteiger partial charge in [0.15, 0.2) is 6.04 Å². The zero-order valence-electron chi connectivity index (χ0n) is 10.2. The number of nitrogens with zero attached hydrogens (tertiary/aromatic N) is 3.